The van der Waals surface area contributed by atoms with Crippen LogP contribution in [-0.4, -0.2) is 10.9 Å². The lowest BCUT2D eigenvalue weighted by atomic mass is 10.2. The van der Waals surface area contributed by atoms with Crippen molar-refractivity contribution in [2.75, 3.05) is 10.6 Å². The summed E-state index contributed by atoms with van der Waals surface area (Å²) in [5.41, 5.74) is 3.61. The fraction of sp³-hybridized carbons (Fsp3) is 0.0526. The SMILES string of the molecule is Cc1ccccc1NC(=O)c1cc(Nc2ccccc2Cl)ccn1. The Balaban J connectivity index is 1.79. The van der Waals surface area contributed by atoms with Gasteiger partial charge in [0.1, 0.15) is 5.69 Å². The van der Waals surface area contributed by atoms with E-state index in [-0.39, 0.29) is 5.91 Å². The summed E-state index contributed by atoms with van der Waals surface area (Å²) < 4.78 is 0. The topological polar surface area (TPSA) is 54.0 Å². The largest absolute Gasteiger partial charge is 0.354 e. The maximum atomic E-state index is 12.4. The summed E-state index contributed by atoms with van der Waals surface area (Å²) >= 11 is 6.14. The fourth-order valence-electron chi connectivity index (χ4n) is 2.25. The Kier molecular flexibility index (Phi) is 4.77. The first-order valence-corrected chi connectivity index (χ1v) is 7.86. The highest BCUT2D eigenvalue weighted by Gasteiger charge is 2.10. The molecule has 0 aliphatic rings. The predicted molar refractivity (Wildman–Crippen MR) is 98.1 cm³/mol. The number of aryl methyl sites for hydroxylation is 1. The molecule has 0 spiro atoms. The first kappa shape index (κ1) is 16.0. The number of hydrogen-bond donors (Lipinski definition) is 2. The van der Waals surface area contributed by atoms with E-state index < -0.39 is 0 Å². The Hall–Kier alpha value is -2.85. The molecule has 1 heterocycles. The minimum absolute atomic E-state index is 0.257. The number of nitrogens with one attached hydrogen (secondary N) is 2. The maximum absolute atomic E-state index is 12.4. The van der Waals surface area contributed by atoms with Gasteiger partial charge in [0, 0.05) is 17.6 Å². The summed E-state index contributed by atoms with van der Waals surface area (Å²) in [6, 6.07) is 18.5. The van der Waals surface area contributed by atoms with Crippen molar-refractivity contribution >= 4 is 34.6 Å². The molecule has 3 rings (SSSR count). The smallest absolute Gasteiger partial charge is 0.274 e. The van der Waals surface area contributed by atoms with Crippen LogP contribution < -0.4 is 10.6 Å². The molecule has 0 saturated carbocycles. The van der Waals surface area contributed by atoms with E-state index in [0.29, 0.717) is 10.7 Å². The molecule has 0 saturated heterocycles. The van der Waals surface area contributed by atoms with Crippen molar-refractivity contribution in [1.82, 2.24) is 4.98 Å². The van der Waals surface area contributed by atoms with E-state index in [4.69, 9.17) is 11.6 Å². The number of carbonyl (C=O) groups is 1. The first-order chi connectivity index (χ1) is 11.6. The van der Waals surface area contributed by atoms with Crippen molar-refractivity contribution in [3.05, 3.63) is 83.1 Å². The number of carbonyl (C=O) groups excluding carboxylic acids is 1. The van der Waals surface area contributed by atoms with Crippen molar-refractivity contribution in [3.63, 3.8) is 0 Å². The summed E-state index contributed by atoms with van der Waals surface area (Å²) in [7, 11) is 0. The maximum Gasteiger partial charge on any atom is 0.274 e. The van der Waals surface area contributed by atoms with Crippen LogP contribution in [0.15, 0.2) is 66.9 Å². The van der Waals surface area contributed by atoms with Gasteiger partial charge in [-0.25, -0.2) is 0 Å². The van der Waals surface area contributed by atoms with Crippen LogP contribution in [0, 0.1) is 6.92 Å². The van der Waals surface area contributed by atoms with Gasteiger partial charge in [0.05, 0.1) is 10.7 Å². The van der Waals surface area contributed by atoms with Crippen LogP contribution in [0.5, 0.6) is 0 Å². The Morgan fingerprint density at radius 2 is 1.71 bits per heavy atom. The molecule has 0 radical (unpaired) electrons. The number of pyridine rings is 1. The van der Waals surface area contributed by atoms with E-state index in [1.165, 1.54) is 0 Å². The molecule has 0 atom stereocenters. The van der Waals surface area contributed by atoms with E-state index in [2.05, 4.69) is 15.6 Å². The second-order valence-corrected chi connectivity index (χ2v) is 5.71. The van der Waals surface area contributed by atoms with Crippen LogP contribution in [0.4, 0.5) is 17.1 Å². The minimum atomic E-state index is -0.257. The number of benzene rings is 2. The van der Waals surface area contributed by atoms with E-state index >= 15 is 0 Å². The van der Waals surface area contributed by atoms with Crippen molar-refractivity contribution < 1.29 is 4.79 Å². The van der Waals surface area contributed by atoms with Crippen molar-refractivity contribution in [1.29, 1.82) is 0 Å². The van der Waals surface area contributed by atoms with Gasteiger partial charge < -0.3 is 10.6 Å². The van der Waals surface area contributed by atoms with Gasteiger partial charge in [-0.15, -0.1) is 0 Å². The number of anilines is 3. The second kappa shape index (κ2) is 7.15. The van der Waals surface area contributed by atoms with E-state index in [9.17, 15) is 4.79 Å². The Bertz CT molecular complexity index is 880. The molecule has 2 aromatic carbocycles. The summed E-state index contributed by atoms with van der Waals surface area (Å²) in [5, 5.41) is 6.68. The molecule has 1 amide bonds. The van der Waals surface area contributed by atoms with Crippen LogP contribution in [0.3, 0.4) is 0 Å². The van der Waals surface area contributed by atoms with Gasteiger partial charge in [-0.05, 0) is 42.8 Å². The Morgan fingerprint density at radius 1 is 1.00 bits per heavy atom. The molecule has 0 aliphatic heterocycles. The second-order valence-electron chi connectivity index (χ2n) is 5.30. The summed E-state index contributed by atoms with van der Waals surface area (Å²) in [6.07, 6.45) is 1.59. The average Bonchev–Trinajstić information content (AvgIpc) is 2.59. The highest BCUT2D eigenvalue weighted by Crippen LogP contribution is 2.25. The zero-order valence-corrected chi connectivity index (χ0v) is 13.8. The number of rotatable bonds is 4. The molecule has 1 aromatic heterocycles. The number of nitrogens with zero attached hydrogens (tertiary/aromatic N) is 1. The Morgan fingerprint density at radius 3 is 2.46 bits per heavy atom. The monoisotopic (exact) mass is 337 g/mol. The van der Waals surface area contributed by atoms with Crippen LogP contribution in [0.25, 0.3) is 0 Å². The third-order valence-electron chi connectivity index (χ3n) is 3.54. The number of para-hydroxylation sites is 2. The third-order valence-corrected chi connectivity index (χ3v) is 3.87. The zero-order chi connectivity index (χ0) is 16.9. The molecule has 0 fully saturated rings. The molecule has 3 aromatic rings. The Labute approximate surface area is 145 Å². The van der Waals surface area contributed by atoms with Crippen molar-refractivity contribution in [2.24, 2.45) is 0 Å². The van der Waals surface area contributed by atoms with Gasteiger partial charge in [0.2, 0.25) is 0 Å². The van der Waals surface area contributed by atoms with Gasteiger partial charge in [0.25, 0.3) is 5.91 Å². The zero-order valence-electron chi connectivity index (χ0n) is 13.1. The molecular weight excluding hydrogens is 322 g/mol. The molecule has 120 valence electrons. The van der Waals surface area contributed by atoms with Crippen molar-refractivity contribution in [2.45, 2.75) is 6.92 Å². The molecule has 0 bridgehead atoms. The lowest BCUT2D eigenvalue weighted by Crippen LogP contribution is -2.14. The fourth-order valence-corrected chi connectivity index (χ4v) is 2.43. The van der Waals surface area contributed by atoms with Gasteiger partial charge in [0.15, 0.2) is 0 Å². The lowest BCUT2D eigenvalue weighted by Gasteiger charge is -2.10. The lowest BCUT2D eigenvalue weighted by molar-refractivity contribution is 0.102. The van der Waals surface area contributed by atoms with Crippen molar-refractivity contribution in [3.8, 4) is 0 Å². The van der Waals surface area contributed by atoms with E-state index in [0.717, 1.165) is 22.6 Å². The van der Waals surface area contributed by atoms with Gasteiger partial charge in [-0.1, -0.05) is 41.9 Å². The summed E-state index contributed by atoms with van der Waals surface area (Å²) in [5.74, 6) is -0.257. The van der Waals surface area contributed by atoms with E-state index in [1.54, 1.807) is 24.4 Å². The first-order valence-electron chi connectivity index (χ1n) is 7.48. The average molecular weight is 338 g/mol. The molecular formula is C19H16ClN3O. The summed E-state index contributed by atoms with van der Waals surface area (Å²) in [6.45, 7) is 1.94. The molecule has 2 N–H and O–H groups in total. The number of aromatic nitrogens is 1. The van der Waals surface area contributed by atoms with Gasteiger partial charge in [-0.2, -0.15) is 0 Å². The van der Waals surface area contributed by atoms with E-state index in [1.807, 2.05) is 49.4 Å². The highest BCUT2D eigenvalue weighted by molar-refractivity contribution is 6.33. The third kappa shape index (κ3) is 3.73. The van der Waals surface area contributed by atoms with Crippen LogP contribution in [0.1, 0.15) is 16.1 Å². The number of halogens is 1. The number of hydrogen-bond acceptors (Lipinski definition) is 3. The number of amides is 1. The van der Waals surface area contributed by atoms with Crippen LogP contribution >= 0.6 is 11.6 Å². The van der Waals surface area contributed by atoms with Crippen LogP contribution in [0.2, 0.25) is 5.02 Å². The summed E-state index contributed by atoms with van der Waals surface area (Å²) in [4.78, 5) is 16.6. The van der Waals surface area contributed by atoms with Gasteiger partial charge in [-0.3, -0.25) is 9.78 Å². The molecule has 0 aliphatic carbocycles. The predicted octanol–water partition coefficient (Wildman–Crippen LogP) is 5.04. The normalized spacial score (nSPS) is 10.2. The minimum Gasteiger partial charge on any atom is -0.354 e. The highest BCUT2D eigenvalue weighted by atomic mass is 35.5. The molecule has 24 heavy (non-hydrogen) atoms. The standard InChI is InChI=1S/C19H16ClN3O/c1-13-6-2-4-8-16(13)23-19(24)18-12-14(10-11-21-18)22-17-9-5-3-7-15(17)20/h2-12H,1H3,(H,21,22)(H,23,24). The van der Waals surface area contributed by atoms with Gasteiger partial charge >= 0.3 is 0 Å². The van der Waals surface area contributed by atoms with Crippen LogP contribution in [-0.2, 0) is 0 Å². The molecule has 5 heteroatoms. The molecule has 0 unspecified atom stereocenters. The quantitative estimate of drug-likeness (QED) is 0.701. The molecule has 4 nitrogen and oxygen atoms in total.